The lowest BCUT2D eigenvalue weighted by Crippen LogP contribution is -2.04. The van der Waals surface area contributed by atoms with Crippen LogP contribution in [0.5, 0.6) is 0 Å². The third kappa shape index (κ3) is 5.92. The van der Waals surface area contributed by atoms with Crippen LogP contribution in [0.15, 0.2) is 0 Å². The van der Waals surface area contributed by atoms with Crippen molar-refractivity contribution in [1.29, 1.82) is 0 Å². The second-order valence-electron chi connectivity index (χ2n) is 1.43. The van der Waals surface area contributed by atoms with Crippen molar-refractivity contribution in [3.63, 3.8) is 0 Å². The van der Waals surface area contributed by atoms with Gasteiger partial charge in [-0.3, -0.25) is 0 Å². The molecule has 0 unspecified atom stereocenters. The van der Waals surface area contributed by atoms with E-state index in [-0.39, 0.29) is 0 Å². The Kier molecular flexibility index (Phi) is 5.85. The van der Waals surface area contributed by atoms with Crippen LogP contribution in [0.2, 0.25) is 0 Å². The van der Waals surface area contributed by atoms with Gasteiger partial charge in [-0.1, -0.05) is 13.3 Å². The SMILES string of the molecule is CCCCOCN. The van der Waals surface area contributed by atoms with Gasteiger partial charge in [-0.05, 0) is 6.42 Å². The van der Waals surface area contributed by atoms with Crippen LogP contribution >= 0.6 is 0 Å². The quantitative estimate of drug-likeness (QED) is 0.420. The molecule has 0 fully saturated rings. The largest absolute Gasteiger partial charge is 0.367 e. The second-order valence-corrected chi connectivity index (χ2v) is 1.43. The summed E-state index contributed by atoms with van der Waals surface area (Å²) in [6.45, 7) is 3.30. The minimum Gasteiger partial charge on any atom is -0.367 e. The third-order valence-electron chi connectivity index (χ3n) is 0.760. The zero-order chi connectivity index (χ0) is 5.54. The molecular formula is C5H13NO. The van der Waals surface area contributed by atoms with Crippen LogP contribution in [0.3, 0.4) is 0 Å². The fourth-order valence-corrected chi connectivity index (χ4v) is 0.330. The molecule has 0 atom stereocenters. The Morgan fingerprint density at radius 3 is 2.71 bits per heavy atom. The molecule has 0 bridgehead atoms. The van der Waals surface area contributed by atoms with Crippen molar-refractivity contribution >= 4 is 0 Å². The van der Waals surface area contributed by atoms with Crippen molar-refractivity contribution in [2.45, 2.75) is 19.8 Å². The Morgan fingerprint density at radius 1 is 1.57 bits per heavy atom. The topological polar surface area (TPSA) is 35.2 Å². The molecule has 7 heavy (non-hydrogen) atoms. The van der Waals surface area contributed by atoms with E-state index in [1.807, 2.05) is 0 Å². The maximum absolute atomic E-state index is 5.05. The molecule has 2 heteroatoms. The Morgan fingerprint density at radius 2 is 2.29 bits per heavy atom. The van der Waals surface area contributed by atoms with Gasteiger partial charge < -0.3 is 10.5 Å². The molecule has 0 saturated carbocycles. The average molecular weight is 103 g/mol. The lowest BCUT2D eigenvalue weighted by molar-refractivity contribution is 0.138. The van der Waals surface area contributed by atoms with Crippen LogP contribution < -0.4 is 5.73 Å². The molecule has 0 radical (unpaired) electrons. The molecule has 2 nitrogen and oxygen atoms in total. The summed E-state index contributed by atoms with van der Waals surface area (Å²) in [5.41, 5.74) is 5.05. The molecule has 0 heterocycles. The highest BCUT2D eigenvalue weighted by Crippen LogP contribution is 1.84. The van der Waals surface area contributed by atoms with E-state index in [0.717, 1.165) is 13.0 Å². The maximum Gasteiger partial charge on any atom is 0.0940 e. The summed E-state index contributed by atoms with van der Waals surface area (Å²) in [7, 11) is 0. The molecule has 0 aliphatic heterocycles. The van der Waals surface area contributed by atoms with Gasteiger partial charge in [-0.25, -0.2) is 0 Å². The van der Waals surface area contributed by atoms with Crippen LogP contribution in [0.1, 0.15) is 19.8 Å². The van der Waals surface area contributed by atoms with Crippen molar-refractivity contribution in [3.8, 4) is 0 Å². The highest BCUT2D eigenvalue weighted by atomic mass is 16.5. The molecule has 0 saturated heterocycles. The molecule has 0 aliphatic rings. The van der Waals surface area contributed by atoms with Crippen LogP contribution in [0, 0.1) is 0 Å². The highest BCUT2D eigenvalue weighted by Gasteiger charge is 1.78. The van der Waals surface area contributed by atoms with E-state index in [2.05, 4.69) is 6.92 Å². The fraction of sp³-hybridized carbons (Fsp3) is 1.00. The van der Waals surface area contributed by atoms with E-state index in [9.17, 15) is 0 Å². The number of rotatable bonds is 4. The Labute approximate surface area is 44.7 Å². The molecular weight excluding hydrogens is 90.1 g/mol. The molecule has 44 valence electrons. The summed E-state index contributed by atoms with van der Waals surface area (Å²) in [5.74, 6) is 0. The summed E-state index contributed by atoms with van der Waals surface area (Å²) < 4.78 is 4.85. The normalized spacial score (nSPS) is 9.43. The second kappa shape index (κ2) is 5.92. The average Bonchev–Trinajstić information content (AvgIpc) is 1.69. The number of nitrogens with two attached hydrogens (primary N) is 1. The summed E-state index contributed by atoms with van der Waals surface area (Å²) >= 11 is 0. The van der Waals surface area contributed by atoms with Crippen LogP contribution in [-0.4, -0.2) is 13.3 Å². The summed E-state index contributed by atoms with van der Waals surface area (Å²) in [5, 5.41) is 0. The van der Waals surface area contributed by atoms with Gasteiger partial charge in [0.15, 0.2) is 0 Å². The molecule has 0 aromatic carbocycles. The molecule has 0 aliphatic carbocycles. The minimum atomic E-state index is 0.361. The highest BCUT2D eigenvalue weighted by molar-refractivity contribution is 4.27. The van der Waals surface area contributed by atoms with Gasteiger partial charge in [0, 0.05) is 6.61 Å². The number of unbranched alkanes of at least 4 members (excludes halogenated alkanes) is 1. The van der Waals surface area contributed by atoms with Crippen LogP contribution in [-0.2, 0) is 4.74 Å². The lowest BCUT2D eigenvalue weighted by Gasteiger charge is -1.94. The number of hydrogen-bond acceptors (Lipinski definition) is 2. The zero-order valence-corrected chi connectivity index (χ0v) is 4.81. The predicted molar refractivity (Wildman–Crippen MR) is 29.9 cm³/mol. The van der Waals surface area contributed by atoms with E-state index < -0.39 is 0 Å². The molecule has 2 N–H and O–H groups in total. The first-order chi connectivity index (χ1) is 3.41. The molecule has 0 spiro atoms. The summed E-state index contributed by atoms with van der Waals surface area (Å²) in [6.07, 6.45) is 2.30. The standard InChI is InChI=1S/C5H13NO/c1-2-3-4-7-5-6/h2-6H2,1H3. The summed E-state index contributed by atoms with van der Waals surface area (Å²) in [6, 6.07) is 0. The van der Waals surface area contributed by atoms with Crippen molar-refractivity contribution < 1.29 is 4.74 Å². The molecule has 0 aromatic rings. The monoisotopic (exact) mass is 103 g/mol. The van der Waals surface area contributed by atoms with Gasteiger partial charge in [0.25, 0.3) is 0 Å². The van der Waals surface area contributed by atoms with Gasteiger partial charge in [0.2, 0.25) is 0 Å². The van der Waals surface area contributed by atoms with Crippen molar-refractivity contribution in [3.05, 3.63) is 0 Å². The van der Waals surface area contributed by atoms with Gasteiger partial charge in [-0.15, -0.1) is 0 Å². The Hall–Kier alpha value is -0.0800. The predicted octanol–water partition coefficient (Wildman–Crippen LogP) is 0.719. The molecule has 0 rings (SSSR count). The van der Waals surface area contributed by atoms with E-state index in [4.69, 9.17) is 10.5 Å². The molecule has 0 aromatic heterocycles. The molecule has 0 amide bonds. The maximum atomic E-state index is 5.05. The Bertz CT molecular complexity index is 27.3. The summed E-state index contributed by atoms with van der Waals surface area (Å²) in [4.78, 5) is 0. The first-order valence-corrected chi connectivity index (χ1v) is 2.69. The Balaban J connectivity index is 2.45. The van der Waals surface area contributed by atoms with Crippen molar-refractivity contribution in [1.82, 2.24) is 0 Å². The van der Waals surface area contributed by atoms with Gasteiger partial charge >= 0.3 is 0 Å². The van der Waals surface area contributed by atoms with Crippen molar-refractivity contribution in [2.24, 2.45) is 5.73 Å². The van der Waals surface area contributed by atoms with E-state index in [0.29, 0.717) is 6.73 Å². The smallest absolute Gasteiger partial charge is 0.0940 e. The van der Waals surface area contributed by atoms with Gasteiger partial charge in [-0.2, -0.15) is 0 Å². The fourth-order valence-electron chi connectivity index (χ4n) is 0.330. The van der Waals surface area contributed by atoms with Crippen LogP contribution in [0.25, 0.3) is 0 Å². The first-order valence-electron chi connectivity index (χ1n) is 2.69. The number of hydrogen-bond donors (Lipinski definition) is 1. The lowest BCUT2D eigenvalue weighted by atomic mass is 10.4. The number of ether oxygens (including phenoxy) is 1. The van der Waals surface area contributed by atoms with E-state index in [1.54, 1.807) is 0 Å². The zero-order valence-electron chi connectivity index (χ0n) is 4.81. The first kappa shape index (κ1) is 6.92. The van der Waals surface area contributed by atoms with Crippen LogP contribution in [0.4, 0.5) is 0 Å². The third-order valence-corrected chi connectivity index (χ3v) is 0.760. The van der Waals surface area contributed by atoms with Gasteiger partial charge in [0.05, 0.1) is 6.73 Å². The van der Waals surface area contributed by atoms with Gasteiger partial charge in [0.1, 0.15) is 0 Å². The minimum absolute atomic E-state index is 0.361. The van der Waals surface area contributed by atoms with Crippen molar-refractivity contribution in [2.75, 3.05) is 13.3 Å². The van der Waals surface area contributed by atoms with E-state index >= 15 is 0 Å². The van der Waals surface area contributed by atoms with E-state index in [1.165, 1.54) is 6.42 Å².